The van der Waals surface area contributed by atoms with E-state index in [4.69, 9.17) is 22.9 Å². The number of halogens is 1. The van der Waals surface area contributed by atoms with Crippen LogP contribution in [0.25, 0.3) is 10.8 Å². The Bertz CT molecular complexity index is 1830. The first kappa shape index (κ1) is 39.5. The van der Waals surface area contributed by atoms with Crippen LogP contribution in [0.3, 0.4) is 0 Å². The summed E-state index contributed by atoms with van der Waals surface area (Å²) >= 11 is 0. The third-order valence-electron chi connectivity index (χ3n) is 8.47. The van der Waals surface area contributed by atoms with Gasteiger partial charge in [-0.1, -0.05) is 54.6 Å². The molecule has 3 aromatic carbocycles. The Labute approximate surface area is 305 Å². The Kier molecular flexibility index (Phi) is 14.4. The molecule has 53 heavy (non-hydrogen) atoms. The highest BCUT2D eigenvalue weighted by molar-refractivity contribution is 5.97. The number of nitrogens with zero attached hydrogens (tertiary/aromatic N) is 2. The highest BCUT2D eigenvalue weighted by Crippen LogP contribution is 2.17. The molecule has 1 heterocycles. The maximum Gasteiger partial charge on any atom is 0.243 e. The lowest BCUT2D eigenvalue weighted by molar-refractivity contribution is -0.134. The molecule has 282 valence electrons. The fourth-order valence-corrected chi connectivity index (χ4v) is 5.77. The molecule has 1 saturated heterocycles. The van der Waals surface area contributed by atoms with Gasteiger partial charge in [0.1, 0.15) is 30.0 Å². The topological polar surface area (TPSA) is 274 Å². The molecule has 16 nitrogen and oxygen atoms in total. The molecule has 0 radical (unpaired) electrons. The molecule has 0 saturated carbocycles. The monoisotopic (exact) mass is 731 g/mol. The molecule has 1 aliphatic rings. The first-order valence-electron chi connectivity index (χ1n) is 17.2. The van der Waals surface area contributed by atoms with E-state index in [1.807, 2.05) is 42.5 Å². The molecule has 4 atom stereocenters. The molecule has 0 spiro atoms. The van der Waals surface area contributed by atoms with Crippen LogP contribution >= 0.6 is 0 Å². The zero-order valence-corrected chi connectivity index (χ0v) is 29.1. The second-order valence-corrected chi connectivity index (χ2v) is 12.6. The number of nitrogens with two attached hydrogens (primary N) is 4. The molecule has 0 unspecified atom stereocenters. The first-order valence-corrected chi connectivity index (χ1v) is 17.2. The number of carbonyl (C=O) groups excluding carboxylic acids is 5. The number of hydrogen-bond acceptors (Lipinski definition) is 7. The fraction of sp³-hybridized carbons (Fsp3) is 0.361. The standard InChI is InChI=1S/C36H46FN11O5/c37-25-13-10-21(11-14-25)18-29-34(53)47-26(7-3-15-42-35(38)39)32(51)46-27(8-4-16-43-36(40)41)33(52)48-28(31(50)44-20-30(49)45-29)19-22-9-12-23-5-1-2-6-24(23)17-22/h1-2,5-6,9-14,17,26-29H,3-4,7-8,15-16,18-20H2,(H,44,50)(H,45,49)(H,46,51)(H,47,53)(H,48,52)(H4,38,39,42)(H4,40,41,43)/t26-,27+,28+,29-/m1/s1. The zero-order valence-electron chi connectivity index (χ0n) is 29.1. The third-order valence-corrected chi connectivity index (χ3v) is 8.47. The lowest BCUT2D eigenvalue weighted by Crippen LogP contribution is -2.58. The van der Waals surface area contributed by atoms with Gasteiger partial charge in [0, 0.05) is 25.9 Å². The Morgan fingerprint density at radius 2 is 1.09 bits per heavy atom. The summed E-state index contributed by atoms with van der Waals surface area (Å²) < 4.78 is 13.7. The molecule has 1 fully saturated rings. The number of carbonyl (C=O) groups is 5. The number of amides is 5. The number of benzene rings is 3. The van der Waals surface area contributed by atoms with Gasteiger partial charge >= 0.3 is 0 Å². The maximum absolute atomic E-state index is 13.9. The molecule has 1 aliphatic heterocycles. The Morgan fingerprint density at radius 1 is 0.604 bits per heavy atom. The lowest BCUT2D eigenvalue weighted by Gasteiger charge is -2.26. The minimum absolute atomic E-state index is 0.0541. The summed E-state index contributed by atoms with van der Waals surface area (Å²) in [7, 11) is 0. The van der Waals surface area contributed by atoms with Gasteiger partial charge in [0.05, 0.1) is 6.54 Å². The van der Waals surface area contributed by atoms with E-state index in [-0.39, 0.29) is 63.5 Å². The fourth-order valence-electron chi connectivity index (χ4n) is 5.77. The van der Waals surface area contributed by atoms with Gasteiger partial charge in [-0.25, -0.2) is 4.39 Å². The van der Waals surface area contributed by atoms with Crippen LogP contribution in [0, 0.1) is 5.82 Å². The second-order valence-electron chi connectivity index (χ2n) is 12.6. The SMILES string of the molecule is NC(N)=NCCC[C@@H]1NC(=O)[C@@H](CCCN=C(N)N)NC(=O)[C@@H](Cc2ccc(F)cc2)NC(=O)CNC(=O)[C@H](Cc2ccc3ccccc3c2)NC1=O. The molecule has 4 rings (SSSR count). The van der Waals surface area contributed by atoms with E-state index < -0.39 is 66.1 Å². The number of guanidine groups is 2. The van der Waals surface area contributed by atoms with Crippen LogP contribution < -0.4 is 49.5 Å². The van der Waals surface area contributed by atoms with Crippen LogP contribution in [0.5, 0.6) is 0 Å². The Morgan fingerprint density at radius 3 is 1.68 bits per heavy atom. The summed E-state index contributed by atoms with van der Waals surface area (Å²) in [6.07, 6.45) is 0.654. The van der Waals surface area contributed by atoms with E-state index in [1.165, 1.54) is 24.3 Å². The van der Waals surface area contributed by atoms with Crippen LogP contribution in [0.1, 0.15) is 36.8 Å². The summed E-state index contributed by atoms with van der Waals surface area (Å²) in [5.74, 6) is -4.27. The van der Waals surface area contributed by atoms with Crippen LogP contribution in [-0.4, -0.2) is 85.3 Å². The Hall–Kier alpha value is -6.26. The summed E-state index contributed by atoms with van der Waals surface area (Å²) in [5.41, 5.74) is 23.1. The summed E-state index contributed by atoms with van der Waals surface area (Å²) in [5, 5.41) is 15.3. The number of rotatable bonds is 12. The van der Waals surface area contributed by atoms with Gasteiger partial charge in [-0.3, -0.25) is 34.0 Å². The van der Waals surface area contributed by atoms with Crippen molar-refractivity contribution in [1.82, 2.24) is 26.6 Å². The molecule has 0 aromatic heterocycles. The van der Waals surface area contributed by atoms with Gasteiger partial charge in [0.2, 0.25) is 29.5 Å². The molecule has 0 bridgehead atoms. The van der Waals surface area contributed by atoms with Crippen LogP contribution in [0.15, 0.2) is 76.7 Å². The van der Waals surface area contributed by atoms with E-state index in [0.717, 1.165) is 16.3 Å². The van der Waals surface area contributed by atoms with Crippen LogP contribution in [0.2, 0.25) is 0 Å². The van der Waals surface area contributed by atoms with Crippen LogP contribution in [-0.2, 0) is 36.8 Å². The minimum Gasteiger partial charge on any atom is -0.370 e. The summed E-state index contributed by atoms with van der Waals surface area (Å²) in [4.78, 5) is 76.3. The van der Waals surface area contributed by atoms with Crippen molar-refractivity contribution in [3.63, 3.8) is 0 Å². The zero-order chi connectivity index (χ0) is 38.3. The molecule has 3 aromatic rings. The predicted octanol–water partition coefficient (Wildman–Crippen LogP) is -1.06. The van der Waals surface area contributed by atoms with Crippen molar-refractivity contribution >= 4 is 52.2 Å². The van der Waals surface area contributed by atoms with E-state index in [9.17, 15) is 28.4 Å². The van der Waals surface area contributed by atoms with Gasteiger partial charge in [0.25, 0.3) is 0 Å². The van der Waals surface area contributed by atoms with Crippen molar-refractivity contribution in [3.8, 4) is 0 Å². The van der Waals surface area contributed by atoms with Gasteiger partial charge in [-0.15, -0.1) is 0 Å². The average Bonchev–Trinajstić information content (AvgIpc) is 3.12. The van der Waals surface area contributed by atoms with Gasteiger partial charge in [-0.05, 0) is 59.7 Å². The summed E-state index contributed by atoms with van der Waals surface area (Å²) in [6.45, 7) is -0.234. The van der Waals surface area contributed by atoms with Crippen molar-refractivity contribution in [2.45, 2.75) is 62.7 Å². The maximum atomic E-state index is 13.9. The van der Waals surface area contributed by atoms with Gasteiger partial charge < -0.3 is 49.5 Å². The minimum atomic E-state index is -1.23. The number of nitrogens with one attached hydrogen (secondary N) is 5. The number of hydrogen-bond donors (Lipinski definition) is 9. The molecule has 13 N–H and O–H groups in total. The van der Waals surface area contributed by atoms with Crippen molar-refractivity contribution < 1.29 is 28.4 Å². The van der Waals surface area contributed by atoms with Crippen molar-refractivity contribution in [2.75, 3.05) is 19.6 Å². The third kappa shape index (κ3) is 12.8. The highest BCUT2D eigenvalue weighted by atomic mass is 19.1. The molecule has 0 aliphatic carbocycles. The first-order chi connectivity index (χ1) is 25.4. The molecule has 17 heteroatoms. The predicted molar refractivity (Wildman–Crippen MR) is 198 cm³/mol. The quantitative estimate of drug-likeness (QED) is 0.0623. The van der Waals surface area contributed by atoms with Crippen molar-refractivity contribution in [1.29, 1.82) is 0 Å². The normalized spacial score (nSPS) is 20.1. The van der Waals surface area contributed by atoms with E-state index >= 15 is 0 Å². The van der Waals surface area contributed by atoms with E-state index in [1.54, 1.807) is 0 Å². The second kappa shape index (κ2) is 19.4. The van der Waals surface area contributed by atoms with Crippen molar-refractivity contribution in [3.05, 3.63) is 83.7 Å². The highest BCUT2D eigenvalue weighted by Gasteiger charge is 2.32. The van der Waals surface area contributed by atoms with E-state index in [2.05, 4.69) is 36.6 Å². The lowest BCUT2D eigenvalue weighted by atomic mass is 10.0. The largest absolute Gasteiger partial charge is 0.370 e. The smallest absolute Gasteiger partial charge is 0.243 e. The molecular weight excluding hydrogens is 685 g/mol. The molecular formula is C36H46FN11O5. The molecule has 5 amide bonds. The van der Waals surface area contributed by atoms with Crippen molar-refractivity contribution in [2.24, 2.45) is 32.9 Å². The van der Waals surface area contributed by atoms with Gasteiger partial charge in [-0.2, -0.15) is 0 Å². The number of fused-ring (bicyclic) bond motifs is 1. The Balaban J connectivity index is 1.68. The van der Waals surface area contributed by atoms with Gasteiger partial charge in [0.15, 0.2) is 11.9 Å². The number of aliphatic imine (C=N–C) groups is 2. The van der Waals surface area contributed by atoms with Crippen LogP contribution in [0.4, 0.5) is 4.39 Å². The summed E-state index contributed by atoms with van der Waals surface area (Å²) in [6, 6.07) is 13.9. The average molecular weight is 732 g/mol. The van der Waals surface area contributed by atoms with E-state index in [0.29, 0.717) is 5.56 Å².